The zero-order valence-electron chi connectivity index (χ0n) is 19.3. The molecular formula is C23H37N5O2. The third kappa shape index (κ3) is 7.37. The summed E-state index contributed by atoms with van der Waals surface area (Å²) in [4.78, 5) is 4.69. The molecule has 0 spiro atoms. The van der Waals surface area contributed by atoms with Crippen LogP contribution < -0.4 is 15.4 Å². The topological polar surface area (TPSA) is 72.7 Å². The van der Waals surface area contributed by atoms with E-state index in [0.29, 0.717) is 13.2 Å². The van der Waals surface area contributed by atoms with Gasteiger partial charge < -0.3 is 20.1 Å². The third-order valence-electron chi connectivity index (χ3n) is 5.04. The Morgan fingerprint density at radius 3 is 2.57 bits per heavy atom. The molecule has 2 N–H and O–H groups in total. The molecule has 1 heterocycles. The van der Waals surface area contributed by atoms with Crippen molar-refractivity contribution in [1.82, 2.24) is 20.4 Å². The number of nitrogens with one attached hydrogen (secondary N) is 2. The van der Waals surface area contributed by atoms with E-state index >= 15 is 0 Å². The lowest BCUT2D eigenvalue weighted by atomic mass is 10.1. The first-order valence-electron chi connectivity index (χ1n) is 10.7. The van der Waals surface area contributed by atoms with Crippen molar-refractivity contribution < 1.29 is 9.47 Å². The van der Waals surface area contributed by atoms with Gasteiger partial charge in [0.1, 0.15) is 5.75 Å². The Labute approximate surface area is 180 Å². The van der Waals surface area contributed by atoms with Crippen molar-refractivity contribution in [2.75, 3.05) is 26.8 Å². The monoisotopic (exact) mass is 415 g/mol. The molecule has 166 valence electrons. The van der Waals surface area contributed by atoms with E-state index in [2.05, 4.69) is 48.4 Å². The molecule has 0 saturated heterocycles. The fourth-order valence-corrected chi connectivity index (χ4v) is 3.29. The van der Waals surface area contributed by atoms with Gasteiger partial charge in [-0.15, -0.1) is 0 Å². The van der Waals surface area contributed by atoms with Gasteiger partial charge in [-0.1, -0.05) is 12.1 Å². The van der Waals surface area contributed by atoms with E-state index in [9.17, 15) is 0 Å². The molecule has 0 radical (unpaired) electrons. The fraction of sp³-hybridized carbons (Fsp3) is 0.565. The van der Waals surface area contributed by atoms with Crippen molar-refractivity contribution in [1.29, 1.82) is 0 Å². The second-order valence-electron chi connectivity index (χ2n) is 7.54. The first-order valence-corrected chi connectivity index (χ1v) is 10.7. The SMILES string of the molecule is CCNC(=NCCCOCc1ccc(OC)cc1)NC(C)Cc1c(C)nn(C)c1C. The van der Waals surface area contributed by atoms with E-state index in [-0.39, 0.29) is 6.04 Å². The molecule has 30 heavy (non-hydrogen) atoms. The second kappa shape index (κ2) is 12.2. The van der Waals surface area contributed by atoms with Crippen molar-refractivity contribution in [2.45, 2.75) is 53.2 Å². The van der Waals surface area contributed by atoms with E-state index in [1.807, 2.05) is 36.0 Å². The number of hydrogen-bond donors (Lipinski definition) is 2. The molecule has 1 aromatic heterocycles. The number of methoxy groups -OCH3 is 1. The number of ether oxygens (including phenoxy) is 2. The summed E-state index contributed by atoms with van der Waals surface area (Å²) < 4.78 is 12.9. The lowest BCUT2D eigenvalue weighted by molar-refractivity contribution is 0.120. The van der Waals surface area contributed by atoms with Crippen LogP contribution in [0.25, 0.3) is 0 Å². The minimum absolute atomic E-state index is 0.260. The van der Waals surface area contributed by atoms with Crippen molar-refractivity contribution in [3.8, 4) is 5.75 Å². The maximum Gasteiger partial charge on any atom is 0.191 e. The Hall–Kier alpha value is -2.54. The van der Waals surface area contributed by atoms with Crippen LogP contribution in [0.5, 0.6) is 5.75 Å². The van der Waals surface area contributed by atoms with Crippen molar-refractivity contribution in [2.24, 2.45) is 12.0 Å². The van der Waals surface area contributed by atoms with Gasteiger partial charge in [0.15, 0.2) is 5.96 Å². The first kappa shape index (κ1) is 23.7. The lowest BCUT2D eigenvalue weighted by Crippen LogP contribution is -2.43. The quantitative estimate of drug-likeness (QED) is 0.335. The molecule has 0 saturated carbocycles. The molecule has 1 unspecified atom stereocenters. The highest BCUT2D eigenvalue weighted by Gasteiger charge is 2.13. The third-order valence-corrected chi connectivity index (χ3v) is 5.04. The molecule has 7 heteroatoms. The summed E-state index contributed by atoms with van der Waals surface area (Å²) in [6, 6.07) is 8.21. The van der Waals surface area contributed by atoms with Gasteiger partial charge in [0.25, 0.3) is 0 Å². The van der Waals surface area contributed by atoms with Gasteiger partial charge in [-0.3, -0.25) is 9.67 Å². The average Bonchev–Trinajstić information content (AvgIpc) is 2.97. The highest BCUT2D eigenvalue weighted by molar-refractivity contribution is 5.80. The van der Waals surface area contributed by atoms with E-state index < -0.39 is 0 Å². The molecule has 2 aromatic rings. The molecule has 1 aromatic carbocycles. The predicted molar refractivity (Wildman–Crippen MR) is 122 cm³/mol. The van der Waals surface area contributed by atoms with E-state index in [1.54, 1.807) is 7.11 Å². The maximum atomic E-state index is 5.76. The molecule has 1 atom stereocenters. The van der Waals surface area contributed by atoms with Crippen molar-refractivity contribution in [3.63, 3.8) is 0 Å². The Morgan fingerprint density at radius 1 is 1.23 bits per heavy atom. The molecular weight excluding hydrogens is 378 g/mol. The lowest BCUT2D eigenvalue weighted by Gasteiger charge is -2.18. The van der Waals surface area contributed by atoms with Crippen LogP contribution in [0, 0.1) is 13.8 Å². The van der Waals surface area contributed by atoms with Gasteiger partial charge in [-0.2, -0.15) is 5.10 Å². The summed E-state index contributed by atoms with van der Waals surface area (Å²) in [7, 11) is 3.66. The van der Waals surface area contributed by atoms with Gasteiger partial charge in [-0.25, -0.2) is 0 Å². The minimum atomic E-state index is 0.260. The number of hydrogen-bond acceptors (Lipinski definition) is 4. The summed E-state index contributed by atoms with van der Waals surface area (Å²) >= 11 is 0. The average molecular weight is 416 g/mol. The van der Waals surface area contributed by atoms with Crippen LogP contribution in [0.1, 0.15) is 42.8 Å². The van der Waals surface area contributed by atoms with Gasteiger partial charge in [-0.05, 0) is 63.8 Å². The summed E-state index contributed by atoms with van der Waals surface area (Å²) in [5.74, 6) is 1.71. The Morgan fingerprint density at radius 2 is 1.97 bits per heavy atom. The van der Waals surface area contributed by atoms with Crippen LogP contribution in [-0.2, 0) is 24.8 Å². The molecule has 0 aliphatic rings. The van der Waals surface area contributed by atoms with E-state index in [1.165, 1.54) is 11.3 Å². The molecule has 0 fully saturated rings. The van der Waals surface area contributed by atoms with Gasteiger partial charge in [0.05, 0.1) is 19.4 Å². The summed E-state index contributed by atoms with van der Waals surface area (Å²) in [5.41, 5.74) is 4.76. The second-order valence-corrected chi connectivity index (χ2v) is 7.54. The van der Waals surface area contributed by atoms with Crippen LogP contribution >= 0.6 is 0 Å². The van der Waals surface area contributed by atoms with Crippen LogP contribution in [-0.4, -0.2) is 48.6 Å². The van der Waals surface area contributed by atoms with Crippen LogP contribution in [0.3, 0.4) is 0 Å². The minimum Gasteiger partial charge on any atom is -0.497 e. The highest BCUT2D eigenvalue weighted by Crippen LogP contribution is 2.14. The maximum absolute atomic E-state index is 5.76. The fourth-order valence-electron chi connectivity index (χ4n) is 3.29. The summed E-state index contributed by atoms with van der Waals surface area (Å²) in [5, 5.41) is 11.3. The number of aromatic nitrogens is 2. The number of guanidine groups is 1. The van der Waals surface area contributed by atoms with Gasteiger partial charge in [0, 0.05) is 38.5 Å². The largest absolute Gasteiger partial charge is 0.497 e. The van der Waals surface area contributed by atoms with Gasteiger partial charge >= 0.3 is 0 Å². The predicted octanol–water partition coefficient (Wildman–Crippen LogP) is 3.14. The number of aliphatic imine (C=N–C) groups is 1. The van der Waals surface area contributed by atoms with Crippen LogP contribution in [0.4, 0.5) is 0 Å². The standard InChI is InChI=1S/C23H37N5O2/c1-7-24-23(26-17(2)15-22-18(3)27-28(5)19(22)4)25-13-8-14-30-16-20-9-11-21(29-6)12-10-20/h9-12,17H,7-8,13-16H2,1-6H3,(H2,24,25,26). The first-order chi connectivity index (χ1) is 14.4. The molecule has 0 amide bonds. The molecule has 0 aliphatic heterocycles. The summed E-state index contributed by atoms with van der Waals surface area (Å²) in [6.45, 7) is 11.3. The number of rotatable bonds is 11. The number of nitrogens with zero attached hydrogens (tertiary/aromatic N) is 3. The molecule has 0 bridgehead atoms. The van der Waals surface area contributed by atoms with Crippen LogP contribution in [0.2, 0.25) is 0 Å². The highest BCUT2D eigenvalue weighted by atomic mass is 16.5. The zero-order chi connectivity index (χ0) is 21.9. The molecule has 7 nitrogen and oxygen atoms in total. The Kier molecular flexibility index (Phi) is 9.67. The Balaban J connectivity index is 1.74. The zero-order valence-corrected chi connectivity index (χ0v) is 19.3. The number of benzene rings is 1. The van der Waals surface area contributed by atoms with Crippen LogP contribution in [0.15, 0.2) is 29.3 Å². The van der Waals surface area contributed by atoms with Crippen molar-refractivity contribution in [3.05, 3.63) is 46.8 Å². The molecule has 0 aliphatic carbocycles. The number of aryl methyl sites for hydroxylation is 2. The van der Waals surface area contributed by atoms with Crippen molar-refractivity contribution >= 4 is 5.96 Å². The molecule has 2 rings (SSSR count). The van der Waals surface area contributed by atoms with E-state index in [4.69, 9.17) is 9.47 Å². The smallest absolute Gasteiger partial charge is 0.191 e. The normalized spacial score (nSPS) is 12.7. The van der Waals surface area contributed by atoms with Gasteiger partial charge in [0.2, 0.25) is 0 Å². The van der Waals surface area contributed by atoms with E-state index in [0.717, 1.165) is 48.9 Å². The Bertz CT molecular complexity index is 799. The summed E-state index contributed by atoms with van der Waals surface area (Å²) in [6.07, 6.45) is 1.79.